The largest absolute Gasteiger partial charge is 0.327 e. The molecular weight excluding hydrogens is 174 g/mol. The third-order valence-electron chi connectivity index (χ3n) is 3.07. The highest BCUT2D eigenvalue weighted by Crippen LogP contribution is 2.33. The van der Waals surface area contributed by atoms with Gasteiger partial charge in [-0.15, -0.1) is 0 Å². The molecule has 0 N–H and O–H groups in total. The van der Waals surface area contributed by atoms with Gasteiger partial charge in [-0.3, -0.25) is 4.98 Å². The third kappa shape index (κ3) is 1.05. The smallest absolute Gasteiger partial charge is 0.107 e. The molecule has 1 fully saturated rings. The summed E-state index contributed by atoms with van der Waals surface area (Å²) in [5.41, 5.74) is 3.32. The molecule has 0 amide bonds. The van der Waals surface area contributed by atoms with E-state index in [9.17, 15) is 0 Å². The van der Waals surface area contributed by atoms with Crippen LogP contribution in [-0.4, -0.2) is 14.5 Å². The van der Waals surface area contributed by atoms with Crippen molar-refractivity contribution in [3.8, 4) is 0 Å². The van der Waals surface area contributed by atoms with Crippen molar-refractivity contribution in [2.45, 2.75) is 32.2 Å². The van der Waals surface area contributed by atoms with Gasteiger partial charge in [0.05, 0.1) is 18.0 Å². The quantitative estimate of drug-likeness (QED) is 0.686. The van der Waals surface area contributed by atoms with E-state index in [1.165, 1.54) is 24.8 Å². The SMILES string of the molecule is Cc1cc2c(cn1)ncn2C1CCC1. The second-order valence-corrected chi connectivity index (χ2v) is 4.05. The van der Waals surface area contributed by atoms with Gasteiger partial charge in [-0.05, 0) is 32.3 Å². The van der Waals surface area contributed by atoms with Crippen molar-refractivity contribution in [3.63, 3.8) is 0 Å². The van der Waals surface area contributed by atoms with Crippen molar-refractivity contribution < 1.29 is 0 Å². The lowest BCUT2D eigenvalue weighted by Crippen LogP contribution is -2.15. The lowest BCUT2D eigenvalue weighted by molar-refractivity contribution is 0.320. The molecule has 3 heteroatoms. The number of hydrogen-bond donors (Lipinski definition) is 0. The topological polar surface area (TPSA) is 30.7 Å². The van der Waals surface area contributed by atoms with E-state index in [1.54, 1.807) is 0 Å². The fraction of sp³-hybridized carbons (Fsp3) is 0.455. The number of aryl methyl sites for hydroxylation is 1. The molecule has 2 aromatic heterocycles. The molecule has 0 aromatic carbocycles. The summed E-state index contributed by atoms with van der Waals surface area (Å²) >= 11 is 0. The van der Waals surface area contributed by atoms with E-state index < -0.39 is 0 Å². The van der Waals surface area contributed by atoms with Crippen LogP contribution in [0.1, 0.15) is 31.0 Å². The van der Waals surface area contributed by atoms with Crippen molar-refractivity contribution in [2.75, 3.05) is 0 Å². The maximum Gasteiger partial charge on any atom is 0.107 e. The van der Waals surface area contributed by atoms with Gasteiger partial charge in [0, 0.05) is 11.7 Å². The van der Waals surface area contributed by atoms with Gasteiger partial charge in [0.1, 0.15) is 5.52 Å². The summed E-state index contributed by atoms with van der Waals surface area (Å²) < 4.78 is 2.30. The average Bonchev–Trinajstić information content (AvgIpc) is 2.46. The van der Waals surface area contributed by atoms with Gasteiger partial charge in [0.25, 0.3) is 0 Å². The molecule has 0 unspecified atom stereocenters. The molecule has 3 nitrogen and oxygen atoms in total. The van der Waals surface area contributed by atoms with Gasteiger partial charge in [0.15, 0.2) is 0 Å². The minimum absolute atomic E-state index is 0.682. The Balaban J connectivity index is 2.18. The first-order valence-corrected chi connectivity index (χ1v) is 5.14. The Bertz CT molecular complexity index is 468. The molecule has 14 heavy (non-hydrogen) atoms. The standard InChI is InChI=1S/C11H13N3/c1-8-5-11-10(6-12-8)13-7-14(11)9-3-2-4-9/h5-7,9H,2-4H2,1H3. The molecule has 0 atom stereocenters. The van der Waals surface area contributed by atoms with Gasteiger partial charge < -0.3 is 4.57 Å². The summed E-state index contributed by atoms with van der Waals surface area (Å²) in [4.78, 5) is 8.61. The van der Waals surface area contributed by atoms with Crippen molar-refractivity contribution >= 4 is 11.0 Å². The Hall–Kier alpha value is -1.38. The lowest BCUT2D eigenvalue weighted by atomic mass is 9.93. The second-order valence-electron chi connectivity index (χ2n) is 4.05. The Kier molecular flexibility index (Phi) is 1.60. The highest BCUT2D eigenvalue weighted by atomic mass is 15.1. The first-order chi connectivity index (χ1) is 6.84. The van der Waals surface area contributed by atoms with Crippen LogP contribution in [0.4, 0.5) is 0 Å². The Morgan fingerprint density at radius 2 is 2.21 bits per heavy atom. The first kappa shape index (κ1) is 7.97. The van der Waals surface area contributed by atoms with E-state index in [0.717, 1.165) is 11.2 Å². The molecule has 0 bridgehead atoms. The zero-order valence-electron chi connectivity index (χ0n) is 8.27. The van der Waals surface area contributed by atoms with Crippen LogP contribution in [-0.2, 0) is 0 Å². The van der Waals surface area contributed by atoms with E-state index in [1.807, 2.05) is 19.4 Å². The molecule has 2 heterocycles. The maximum absolute atomic E-state index is 4.36. The minimum atomic E-state index is 0.682. The van der Waals surface area contributed by atoms with Gasteiger partial charge in [-0.2, -0.15) is 0 Å². The molecule has 0 aliphatic heterocycles. The van der Waals surface area contributed by atoms with Gasteiger partial charge in [-0.25, -0.2) is 4.98 Å². The molecule has 72 valence electrons. The van der Waals surface area contributed by atoms with Crippen LogP contribution in [0.25, 0.3) is 11.0 Å². The molecule has 0 radical (unpaired) electrons. The van der Waals surface area contributed by atoms with Crippen LogP contribution < -0.4 is 0 Å². The Morgan fingerprint density at radius 3 is 2.93 bits per heavy atom. The van der Waals surface area contributed by atoms with Gasteiger partial charge in [0.2, 0.25) is 0 Å². The molecule has 1 saturated carbocycles. The predicted octanol–water partition coefficient (Wildman–Crippen LogP) is 2.46. The molecule has 3 rings (SSSR count). The first-order valence-electron chi connectivity index (χ1n) is 5.14. The third-order valence-corrected chi connectivity index (χ3v) is 3.07. The predicted molar refractivity (Wildman–Crippen MR) is 55.2 cm³/mol. The summed E-state index contributed by atoms with van der Waals surface area (Å²) in [5, 5.41) is 0. The van der Waals surface area contributed by atoms with Crippen LogP contribution >= 0.6 is 0 Å². The summed E-state index contributed by atoms with van der Waals surface area (Å²) in [6.45, 7) is 2.03. The number of hydrogen-bond acceptors (Lipinski definition) is 2. The monoisotopic (exact) mass is 187 g/mol. The fourth-order valence-corrected chi connectivity index (χ4v) is 1.99. The van der Waals surface area contributed by atoms with Crippen LogP contribution in [0.15, 0.2) is 18.6 Å². The molecule has 0 saturated heterocycles. The van der Waals surface area contributed by atoms with Crippen molar-refractivity contribution in [1.29, 1.82) is 0 Å². The van der Waals surface area contributed by atoms with E-state index in [2.05, 4.69) is 20.6 Å². The van der Waals surface area contributed by atoms with Crippen LogP contribution in [0.2, 0.25) is 0 Å². The van der Waals surface area contributed by atoms with Crippen LogP contribution in [0.5, 0.6) is 0 Å². The minimum Gasteiger partial charge on any atom is -0.327 e. The zero-order chi connectivity index (χ0) is 9.54. The van der Waals surface area contributed by atoms with Crippen LogP contribution in [0.3, 0.4) is 0 Å². The van der Waals surface area contributed by atoms with E-state index in [-0.39, 0.29) is 0 Å². The Morgan fingerprint density at radius 1 is 1.36 bits per heavy atom. The highest BCUT2D eigenvalue weighted by Gasteiger charge is 2.20. The molecular formula is C11H13N3. The second kappa shape index (κ2) is 2.80. The number of rotatable bonds is 1. The van der Waals surface area contributed by atoms with Crippen molar-refractivity contribution in [1.82, 2.24) is 14.5 Å². The molecule has 1 aliphatic carbocycles. The molecule has 2 aromatic rings. The van der Waals surface area contributed by atoms with Crippen LogP contribution in [0, 0.1) is 6.92 Å². The summed E-state index contributed by atoms with van der Waals surface area (Å²) in [6.07, 6.45) is 7.77. The normalized spacial score (nSPS) is 17.2. The van der Waals surface area contributed by atoms with E-state index in [4.69, 9.17) is 0 Å². The number of pyridine rings is 1. The molecule has 1 aliphatic rings. The average molecular weight is 187 g/mol. The summed E-state index contributed by atoms with van der Waals surface area (Å²) in [7, 11) is 0. The van der Waals surface area contributed by atoms with Gasteiger partial charge >= 0.3 is 0 Å². The van der Waals surface area contributed by atoms with Gasteiger partial charge in [-0.1, -0.05) is 0 Å². The van der Waals surface area contributed by atoms with E-state index in [0.29, 0.717) is 6.04 Å². The van der Waals surface area contributed by atoms with E-state index >= 15 is 0 Å². The Labute approximate surface area is 82.8 Å². The number of aromatic nitrogens is 3. The number of nitrogens with zero attached hydrogens (tertiary/aromatic N) is 3. The fourth-order valence-electron chi connectivity index (χ4n) is 1.99. The lowest BCUT2D eigenvalue weighted by Gasteiger charge is -2.27. The summed E-state index contributed by atoms with van der Waals surface area (Å²) in [6, 6.07) is 2.81. The number of fused-ring (bicyclic) bond motifs is 1. The van der Waals surface area contributed by atoms with Crippen molar-refractivity contribution in [3.05, 3.63) is 24.3 Å². The highest BCUT2D eigenvalue weighted by molar-refractivity contribution is 5.74. The molecule has 0 spiro atoms. The zero-order valence-corrected chi connectivity index (χ0v) is 8.27. The van der Waals surface area contributed by atoms with Crippen molar-refractivity contribution in [2.24, 2.45) is 0 Å². The number of imidazole rings is 1. The summed E-state index contributed by atoms with van der Waals surface area (Å²) in [5.74, 6) is 0. The maximum atomic E-state index is 4.36.